The second-order valence-electron chi connectivity index (χ2n) is 11.6. The van der Waals surface area contributed by atoms with Crippen molar-refractivity contribution in [3.8, 4) is 0 Å². The van der Waals surface area contributed by atoms with E-state index in [0.29, 0.717) is 12.3 Å². The van der Waals surface area contributed by atoms with Gasteiger partial charge in [-0.1, -0.05) is 38.3 Å². The van der Waals surface area contributed by atoms with Crippen LogP contribution in [0.3, 0.4) is 0 Å². The first-order valence-corrected chi connectivity index (χ1v) is 14.9. The molecule has 1 heterocycles. The van der Waals surface area contributed by atoms with Crippen LogP contribution in [0.5, 0.6) is 0 Å². The first-order chi connectivity index (χ1) is 17.5. The summed E-state index contributed by atoms with van der Waals surface area (Å²) in [4.78, 5) is 43.6. The number of nitrogens with zero attached hydrogens (tertiary/aromatic N) is 2. The molecule has 1 aliphatic rings. The summed E-state index contributed by atoms with van der Waals surface area (Å²) >= 11 is 0. The van der Waals surface area contributed by atoms with Crippen LogP contribution in [0.25, 0.3) is 0 Å². The Morgan fingerprint density at radius 1 is 1.05 bits per heavy atom. The molecule has 1 aromatic rings. The molecule has 10 nitrogen and oxygen atoms in total. The normalized spacial score (nSPS) is 23.9. The first-order valence-electron chi connectivity index (χ1n) is 13.0. The summed E-state index contributed by atoms with van der Waals surface area (Å²) in [6.45, 7) is 11.7. The molecule has 2 amide bonds. The summed E-state index contributed by atoms with van der Waals surface area (Å²) in [6.07, 6.45) is -0.327. The number of hydrogen-bond acceptors (Lipinski definition) is 7. The second-order valence-corrected chi connectivity index (χ2v) is 14.0. The minimum absolute atomic E-state index is 0.0283. The Hall–Kier alpha value is -2.26. The first kappa shape index (κ1) is 32.0. The number of amides is 2. The zero-order valence-electron chi connectivity index (χ0n) is 23.7. The number of imide groups is 1. The highest BCUT2D eigenvalue weighted by Crippen LogP contribution is 2.51. The molecule has 1 aromatic carbocycles. The van der Waals surface area contributed by atoms with Crippen LogP contribution >= 0.6 is 7.92 Å². The van der Waals surface area contributed by atoms with Crippen LogP contribution in [0.15, 0.2) is 30.3 Å². The zero-order valence-corrected chi connectivity index (χ0v) is 24.6. The summed E-state index contributed by atoms with van der Waals surface area (Å²) in [5.41, 5.74) is -2.37. The van der Waals surface area contributed by atoms with E-state index in [1.54, 1.807) is 48.5 Å². The van der Waals surface area contributed by atoms with Crippen LogP contribution in [-0.4, -0.2) is 81.7 Å². The van der Waals surface area contributed by atoms with Crippen LogP contribution in [0.1, 0.15) is 66.9 Å². The highest BCUT2D eigenvalue weighted by molar-refractivity contribution is 7.57. The molecule has 0 aromatic heterocycles. The van der Waals surface area contributed by atoms with Gasteiger partial charge in [0.2, 0.25) is 5.54 Å². The largest absolute Gasteiger partial charge is 0.597 e. The van der Waals surface area contributed by atoms with Crippen LogP contribution < -0.4 is 0 Å². The SMILES string of the molecule is CCO[N+]1([O-])CCP(Cc2ccccc2)CC1(CCCN(C(=O)OC(C)(C)C)C(=O)OC(C)(C)C)C(=O)O. The lowest BCUT2D eigenvalue weighted by molar-refractivity contribution is -1.10. The van der Waals surface area contributed by atoms with Gasteiger partial charge in [0.15, 0.2) is 0 Å². The molecule has 0 radical (unpaired) electrons. The number of carbonyl (C=O) groups excluding carboxylic acids is 2. The van der Waals surface area contributed by atoms with Crippen molar-refractivity contribution in [1.82, 2.24) is 4.90 Å². The Kier molecular flexibility index (Phi) is 10.7. The van der Waals surface area contributed by atoms with Gasteiger partial charge in [-0.2, -0.15) is 4.81 Å². The Balaban J connectivity index is 2.30. The molecule has 38 heavy (non-hydrogen) atoms. The summed E-state index contributed by atoms with van der Waals surface area (Å²) in [7, 11) is -0.805. The van der Waals surface area contributed by atoms with Crippen LogP contribution in [0.4, 0.5) is 9.59 Å². The highest BCUT2D eigenvalue weighted by atomic mass is 31.1. The molecule has 0 bridgehead atoms. The van der Waals surface area contributed by atoms with E-state index in [9.17, 15) is 24.7 Å². The molecule has 214 valence electrons. The second kappa shape index (κ2) is 12.7. The molecule has 1 saturated heterocycles. The van der Waals surface area contributed by atoms with Crippen LogP contribution in [-0.2, 0) is 25.3 Å². The molecule has 0 spiro atoms. The number of hydrogen-bond donors (Lipinski definition) is 1. The van der Waals surface area contributed by atoms with E-state index in [4.69, 9.17) is 14.3 Å². The number of carboxylic acids is 1. The minimum Gasteiger partial charge on any atom is -0.597 e. The van der Waals surface area contributed by atoms with Gasteiger partial charge in [-0.15, -0.1) is 0 Å². The van der Waals surface area contributed by atoms with Gasteiger partial charge in [0.25, 0.3) is 0 Å². The van der Waals surface area contributed by atoms with Gasteiger partial charge in [-0.3, -0.25) is 0 Å². The van der Waals surface area contributed by atoms with Gasteiger partial charge < -0.3 is 19.8 Å². The zero-order chi connectivity index (χ0) is 28.8. The molecule has 2 rings (SSSR count). The van der Waals surface area contributed by atoms with E-state index >= 15 is 0 Å². The van der Waals surface area contributed by atoms with Crippen LogP contribution in [0.2, 0.25) is 0 Å². The molecule has 3 unspecified atom stereocenters. The van der Waals surface area contributed by atoms with Crippen molar-refractivity contribution in [1.29, 1.82) is 0 Å². The smallest absolute Gasteiger partial charge is 0.419 e. The number of rotatable bonds is 9. The molecule has 1 fully saturated rings. The quantitative estimate of drug-likeness (QED) is 0.233. The Bertz CT molecular complexity index is 934. The van der Waals surface area contributed by atoms with Gasteiger partial charge in [-0.05, 0) is 66.6 Å². The molecular weight excluding hydrogens is 511 g/mol. The fourth-order valence-corrected chi connectivity index (χ4v) is 7.36. The van der Waals surface area contributed by atoms with Crippen molar-refractivity contribution < 1.29 is 38.6 Å². The summed E-state index contributed by atoms with van der Waals surface area (Å²) in [5.74, 6) is -1.23. The van der Waals surface area contributed by atoms with E-state index in [0.717, 1.165) is 10.5 Å². The number of aliphatic carboxylic acids is 1. The molecule has 0 saturated carbocycles. The minimum atomic E-state index is -1.76. The fraction of sp³-hybridized carbons (Fsp3) is 0.667. The highest BCUT2D eigenvalue weighted by Gasteiger charge is 2.58. The van der Waals surface area contributed by atoms with Crippen molar-refractivity contribution in [2.24, 2.45) is 0 Å². The number of quaternary nitrogens is 1. The van der Waals surface area contributed by atoms with E-state index in [-0.39, 0.29) is 38.7 Å². The van der Waals surface area contributed by atoms with Crippen molar-refractivity contribution >= 4 is 26.1 Å². The van der Waals surface area contributed by atoms with Gasteiger partial charge in [0.1, 0.15) is 24.4 Å². The maximum atomic E-state index is 13.9. The lowest BCUT2D eigenvalue weighted by Crippen LogP contribution is -2.69. The predicted octanol–water partition coefficient (Wildman–Crippen LogP) is 5.72. The molecular formula is C27H43N2O8P. The average molecular weight is 555 g/mol. The van der Waals surface area contributed by atoms with Crippen LogP contribution in [0, 0.1) is 5.21 Å². The molecule has 3 atom stereocenters. The summed E-state index contributed by atoms with van der Waals surface area (Å²) < 4.78 is 10.8. The fourth-order valence-electron chi connectivity index (χ4n) is 4.41. The third-order valence-corrected chi connectivity index (χ3v) is 8.65. The van der Waals surface area contributed by atoms with Crippen molar-refractivity contribution in [3.05, 3.63) is 41.1 Å². The summed E-state index contributed by atoms with van der Waals surface area (Å²) in [5, 5.41) is 24.3. The Labute approximate surface area is 227 Å². The van der Waals surface area contributed by atoms with Gasteiger partial charge in [-0.25, -0.2) is 24.1 Å². The maximum Gasteiger partial charge on any atom is 0.419 e. The molecule has 1 N–H and O–H groups in total. The third-order valence-electron chi connectivity index (χ3n) is 6.03. The number of hydroxylamine groups is 4. The molecule has 11 heteroatoms. The van der Waals surface area contributed by atoms with E-state index in [1.165, 1.54) is 0 Å². The van der Waals surface area contributed by atoms with Gasteiger partial charge >= 0.3 is 18.2 Å². The lowest BCUT2D eigenvalue weighted by atomic mass is 9.94. The van der Waals surface area contributed by atoms with E-state index < -0.39 is 47.6 Å². The number of carboxylic acid groups (broad SMARTS) is 1. The van der Waals surface area contributed by atoms with Crippen molar-refractivity contribution in [2.75, 3.05) is 32.0 Å². The number of carbonyl (C=O) groups is 3. The topological polar surface area (TPSA) is 125 Å². The average Bonchev–Trinajstić information content (AvgIpc) is 2.77. The van der Waals surface area contributed by atoms with Crippen molar-refractivity contribution in [3.63, 3.8) is 0 Å². The van der Waals surface area contributed by atoms with E-state index in [2.05, 4.69) is 0 Å². The lowest BCUT2D eigenvalue weighted by Gasteiger charge is -2.55. The van der Waals surface area contributed by atoms with E-state index in [1.807, 2.05) is 30.3 Å². The van der Waals surface area contributed by atoms with Gasteiger partial charge in [0, 0.05) is 25.3 Å². The molecule has 1 aliphatic heterocycles. The number of benzene rings is 1. The Morgan fingerprint density at radius 3 is 2.08 bits per heavy atom. The molecule has 0 aliphatic carbocycles. The maximum absolute atomic E-state index is 13.9. The third kappa shape index (κ3) is 8.63. The summed E-state index contributed by atoms with van der Waals surface area (Å²) in [6, 6.07) is 9.81. The standard InChI is InChI=1S/C27H43N2O8P/c1-8-35-29(34)17-18-38(19-21-13-10-9-11-14-21)20-27(29,22(30)31)15-12-16-28(23(32)36-25(2,3)4)24(33)37-26(5,6)7/h9-11,13-14H,8,12,15-20H2,1-7H3,(H,30,31). The Morgan fingerprint density at radius 2 is 1.61 bits per heavy atom. The van der Waals surface area contributed by atoms with Crippen molar-refractivity contribution in [2.45, 2.75) is 84.2 Å². The number of ether oxygens (including phenoxy) is 2. The monoisotopic (exact) mass is 554 g/mol. The van der Waals surface area contributed by atoms with Gasteiger partial charge in [0.05, 0.1) is 0 Å². The predicted molar refractivity (Wildman–Crippen MR) is 146 cm³/mol.